The van der Waals surface area contributed by atoms with Crippen molar-refractivity contribution in [3.63, 3.8) is 0 Å². The number of aliphatic carboxylic acids is 1. The number of aliphatic hydroxyl groups is 1. The smallest absolute Gasteiger partial charge is 0.303 e. The molecule has 0 aromatic heterocycles. The zero-order valence-electron chi connectivity index (χ0n) is 25.3. The molecule has 1 heterocycles. The van der Waals surface area contributed by atoms with Gasteiger partial charge < -0.3 is 25.0 Å². The molecule has 0 unspecified atom stereocenters. The molecule has 0 radical (unpaired) electrons. The van der Waals surface area contributed by atoms with Crippen LogP contribution in [0.2, 0.25) is 0 Å². The quantitative estimate of drug-likeness (QED) is 0.148. The number of carbonyl (C=O) groups is 2. The molecule has 1 aliphatic rings. The number of hydrogen-bond acceptors (Lipinski definition) is 6. The van der Waals surface area contributed by atoms with Gasteiger partial charge in [0.1, 0.15) is 0 Å². The van der Waals surface area contributed by atoms with Gasteiger partial charge >= 0.3 is 5.97 Å². The van der Waals surface area contributed by atoms with Crippen LogP contribution in [0.1, 0.15) is 65.9 Å². The van der Waals surface area contributed by atoms with E-state index in [1.165, 1.54) is 11.1 Å². The first-order valence-electron chi connectivity index (χ1n) is 15.4. The van der Waals surface area contributed by atoms with Crippen molar-refractivity contribution < 1.29 is 29.3 Å². The summed E-state index contributed by atoms with van der Waals surface area (Å²) in [4.78, 5) is 25.4. The molecular weight excluding hydrogens is 568 g/mol. The number of amides is 1. The average Bonchev–Trinajstić information content (AvgIpc) is 3.06. The van der Waals surface area contributed by atoms with E-state index in [-0.39, 0.29) is 44.0 Å². The molecule has 4 aromatic carbocycles. The van der Waals surface area contributed by atoms with Crippen LogP contribution in [0.3, 0.4) is 0 Å². The Bertz CT molecular complexity index is 1450. The fourth-order valence-corrected chi connectivity index (χ4v) is 5.54. The van der Waals surface area contributed by atoms with E-state index >= 15 is 0 Å². The van der Waals surface area contributed by atoms with Crippen LogP contribution in [0.4, 0.5) is 5.69 Å². The van der Waals surface area contributed by atoms with E-state index in [0.29, 0.717) is 18.7 Å². The number of carboxylic acids is 1. The van der Waals surface area contributed by atoms with E-state index in [0.717, 1.165) is 29.8 Å². The lowest BCUT2D eigenvalue weighted by atomic mass is 9.99. The molecule has 234 valence electrons. The normalized spacial score (nSPS) is 18.0. The zero-order valence-corrected chi connectivity index (χ0v) is 25.3. The maximum Gasteiger partial charge on any atom is 0.303 e. The van der Waals surface area contributed by atoms with Gasteiger partial charge in [-0.25, -0.2) is 0 Å². The van der Waals surface area contributed by atoms with Crippen LogP contribution in [-0.4, -0.2) is 39.6 Å². The minimum Gasteiger partial charge on any atom is -0.481 e. The standard InChI is InChI=1S/C37H40N2O6/c40-26-29-14-16-30(17-15-29)34-22-33(25-39(23-27-8-3-1-4-9-27)24-28-10-5-2-6-11-28)44-37(45-34)31-18-20-32(21-19-31)38-35(41)12-7-13-36(42)43/h1-6,8-11,14-21,33-34,37,40H,7,12-13,22-26H2,(H,38,41)(H,42,43)/t33-,34+,37+/m0/s1. The maximum absolute atomic E-state index is 12.3. The Hall–Kier alpha value is -4.34. The highest BCUT2D eigenvalue weighted by atomic mass is 16.7. The lowest BCUT2D eigenvalue weighted by molar-refractivity contribution is -0.253. The van der Waals surface area contributed by atoms with Crippen LogP contribution in [-0.2, 0) is 38.8 Å². The highest BCUT2D eigenvalue weighted by Crippen LogP contribution is 2.38. The van der Waals surface area contributed by atoms with Gasteiger partial charge in [-0.15, -0.1) is 0 Å². The molecule has 1 saturated heterocycles. The van der Waals surface area contributed by atoms with E-state index in [9.17, 15) is 14.7 Å². The summed E-state index contributed by atoms with van der Waals surface area (Å²) in [6.45, 7) is 2.23. The summed E-state index contributed by atoms with van der Waals surface area (Å²) in [5.41, 5.74) is 5.78. The first kappa shape index (κ1) is 32.1. The summed E-state index contributed by atoms with van der Waals surface area (Å²) in [5, 5.41) is 21.2. The van der Waals surface area contributed by atoms with Crippen LogP contribution in [0.25, 0.3) is 0 Å². The van der Waals surface area contributed by atoms with Crippen LogP contribution >= 0.6 is 0 Å². The monoisotopic (exact) mass is 608 g/mol. The summed E-state index contributed by atoms with van der Waals surface area (Å²) >= 11 is 0. The van der Waals surface area contributed by atoms with Gasteiger partial charge in [-0.3, -0.25) is 14.5 Å². The third-order valence-corrected chi connectivity index (χ3v) is 7.84. The largest absolute Gasteiger partial charge is 0.481 e. The predicted octanol–water partition coefficient (Wildman–Crippen LogP) is 6.62. The van der Waals surface area contributed by atoms with Crippen molar-refractivity contribution in [2.24, 2.45) is 0 Å². The number of anilines is 1. The van der Waals surface area contributed by atoms with Gasteiger partial charge in [0.2, 0.25) is 5.91 Å². The lowest BCUT2D eigenvalue weighted by Gasteiger charge is -2.38. The fourth-order valence-electron chi connectivity index (χ4n) is 5.54. The first-order chi connectivity index (χ1) is 21.9. The molecule has 8 heteroatoms. The maximum atomic E-state index is 12.3. The van der Waals surface area contributed by atoms with Crippen LogP contribution < -0.4 is 5.32 Å². The Morgan fingerprint density at radius 3 is 1.91 bits per heavy atom. The van der Waals surface area contributed by atoms with Crippen molar-refractivity contribution in [3.05, 3.63) is 137 Å². The second-order valence-electron chi connectivity index (χ2n) is 11.4. The highest BCUT2D eigenvalue weighted by molar-refractivity contribution is 5.90. The molecule has 8 nitrogen and oxygen atoms in total. The highest BCUT2D eigenvalue weighted by Gasteiger charge is 2.33. The van der Waals surface area contributed by atoms with Crippen molar-refractivity contribution in [2.75, 3.05) is 11.9 Å². The van der Waals surface area contributed by atoms with Gasteiger partial charge in [0.15, 0.2) is 6.29 Å². The molecule has 0 bridgehead atoms. The van der Waals surface area contributed by atoms with Gasteiger partial charge in [0, 0.05) is 50.1 Å². The van der Waals surface area contributed by atoms with Gasteiger partial charge in [0.05, 0.1) is 18.8 Å². The Morgan fingerprint density at radius 1 is 0.733 bits per heavy atom. The van der Waals surface area contributed by atoms with Crippen molar-refractivity contribution in [1.82, 2.24) is 4.90 Å². The number of ether oxygens (including phenoxy) is 2. The van der Waals surface area contributed by atoms with E-state index in [1.807, 2.05) is 60.7 Å². The molecule has 5 rings (SSSR count). The third-order valence-electron chi connectivity index (χ3n) is 7.84. The summed E-state index contributed by atoms with van der Waals surface area (Å²) in [7, 11) is 0. The number of rotatable bonds is 14. The molecule has 3 atom stereocenters. The summed E-state index contributed by atoms with van der Waals surface area (Å²) in [5.74, 6) is -1.14. The average molecular weight is 609 g/mol. The molecule has 1 fully saturated rings. The summed E-state index contributed by atoms with van der Waals surface area (Å²) in [6.07, 6.45) is 0.0848. The second kappa shape index (κ2) is 16.1. The molecule has 1 aliphatic heterocycles. The first-order valence-corrected chi connectivity index (χ1v) is 15.4. The van der Waals surface area contributed by atoms with Crippen LogP contribution in [0, 0.1) is 0 Å². The molecule has 0 aliphatic carbocycles. The summed E-state index contributed by atoms with van der Waals surface area (Å²) < 4.78 is 13.2. The molecule has 45 heavy (non-hydrogen) atoms. The molecule has 1 amide bonds. The van der Waals surface area contributed by atoms with Crippen molar-refractivity contribution in [2.45, 2.75) is 63.9 Å². The number of nitrogens with one attached hydrogen (secondary N) is 1. The Morgan fingerprint density at radius 2 is 1.33 bits per heavy atom. The number of nitrogens with zero attached hydrogens (tertiary/aromatic N) is 1. The van der Waals surface area contributed by atoms with Crippen molar-refractivity contribution in [3.8, 4) is 0 Å². The van der Waals surface area contributed by atoms with Crippen molar-refractivity contribution in [1.29, 1.82) is 0 Å². The Labute approximate surface area is 264 Å². The van der Waals surface area contributed by atoms with Crippen molar-refractivity contribution >= 4 is 17.6 Å². The van der Waals surface area contributed by atoms with E-state index in [1.54, 1.807) is 0 Å². The molecule has 0 spiro atoms. The number of carboxylic acid groups (broad SMARTS) is 1. The van der Waals surface area contributed by atoms with Gasteiger partial charge in [0.25, 0.3) is 0 Å². The fraction of sp³-hybridized carbons (Fsp3) is 0.297. The number of carbonyl (C=O) groups excluding carboxylic acids is 1. The molecule has 0 saturated carbocycles. The Balaban J connectivity index is 1.33. The van der Waals surface area contributed by atoms with Crippen LogP contribution in [0.15, 0.2) is 109 Å². The summed E-state index contributed by atoms with van der Waals surface area (Å²) in [6, 6.07) is 36.1. The van der Waals surface area contributed by atoms with Gasteiger partial charge in [-0.05, 0) is 40.8 Å². The zero-order chi connectivity index (χ0) is 31.4. The molecule has 4 aromatic rings. The third kappa shape index (κ3) is 9.83. The van der Waals surface area contributed by atoms with E-state index < -0.39 is 12.3 Å². The minimum atomic E-state index is -0.913. The molecular formula is C37H40N2O6. The topological polar surface area (TPSA) is 108 Å². The Kier molecular flexibility index (Phi) is 11.5. The number of hydrogen-bond donors (Lipinski definition) is 3. The van der Waals surface area contributed by atoms with E-state index in [2.05, 4.69) is 58.7 Å². The van der Waals surface area contributed by atoms with Gasteiger partial charge in [-0.2, -0.15) is 0 Å². The molecule has 3 N–H and O–H groups in total. The minimum absolute atomic E-state index is 0.0173. The second-order valence-corrected chi connectivity index (χ2v) is 11.4. The number of aliphatic hydroxyl groups excluding tert-OH is 1. The van der Waals surface area contributed by atoms with Crippen LogP contribution in [0.5, 0.6) is 0 Å². The van der Waals surface area contributed by atoms with Gasteiger partial charge in [-0.1, -0.05) is 97.1 Å². The predicted molar refractivity (Wildman–Crippen MR) is 172 cm³/mol. The number of benzene rings is 4. The lowest BCUT2D eigenvalue weighted by Crippen LogP contribution is -2.39. The SMILES string of the molecule is O=C(O)CCCC(=O)Nc1ccc([C@@H]2O[C@H](CN(Cc3ccccc3)Cc3ccccc3)C[C@H](c3ccc(CO)cc3)O2)cc1. The van der Waals surface area contributed by atoms with E-state index in [4.69, 9.17) is 14.6 Å².